The molecule has 0 aliphatic rings. The first-order valence-corrected chi connectivity index (χ1v) is 6.64. The van der Waals surface area contributed by atoms with Gasteiger partial charge in [-0.2, -0.15) is 0 Å². The second kappa shape index (κ2) is 6.58. The predicted molar refractivity (Wildman–Crippen MR) is 79.8 cm³/mol. The predicted octanol–water partition coefficient (Wildman–Crippen LogP) is 3.74. The van der Waals surface area contributed by atoms with E-state index in [0.717, 1.165) is 29.5 Å². The van der Waals surface area contributed by atoms with Crippen molar-refractivity contribution in [1.29, 1.82) is 0 Å². The molecular formula is C18H16O2. The first-order chi connectivity index (χ1) is 9.70. The highest BCUT2D eigenvalue weighted by molar-refractivity contribution is 5.88. The van der Waals surface area contributed by atoms with E-state index in [-0.39, 0.29) is 0 Å². The highest BCUT2D eigenvalue weighted by Crippen LogP contribution is 2.14. The summed E-state index contributed by atoms with van der Waals surface area (Å²) >= 11 is 0. The highest BCUT2D eigenvalue weighted by Gasteiger charge is 2.06. The van der Waals surface area contributed by atoms with Gasteiger partial charge in [0.05, 0.1) is 5.56 Å². The van der Waals surface area contributed by atoms with Crippen molar-refractivity contribution in [2.45, 2.75) is 19.8 Å². The molecule has 0 aliphatic heterocycles. The van der Waals surface area contributed by atoms with Gasteiger partial charge in [0.15, 0.2) is 0 Å². The maximum atomic E-state index is 11.0. The lowest BCUT2D eigenvalue weighted by atomic mass is 10.00. The first kappa shape index (κ1) is 13.9. The second-order valence-electron chi connectivity index (χ2n) is 4.54. The summed E-state index contributed by atoms with van der Waals surface area (Å²) in [6.07, 6.45) is 1.79. The number of aryl methyl sites for hydroxylation is 1. The number of carbonyl (C=O) groups is 1. The van der Waals surface area contributed by atoms with Gasteiger partial charge in [0, 0.05) is 11.1 Å². The van der Waals surface area contributed by atoms with E-state index in [1.165, 1.54) is 0 Å². The molecule has 0 aliphatic carbocycles. The molecule has 20 heavy (non-hydrogen) atoms. The van der Waals surface area contributed by atoms with Crippen molar-refractivity contribution in [3.8, 4) is 11.8 Å². The van der Waals surface area contributed by atoms with Gasteiger partial charge in [0.25, 0.3) is 0 Å². The van der Waals surface area contributed by atoms with E-state index in [1.807, 2.05) is 30.3 Å². The van der Waals surface area contributed by atoms with Crippen LogP contribution in [0.5, 0.6) is 0 Å². The van der Waals surface area contributed by atoms with Crippen molar-refractivity contribution in [2.75, 3.05) is 0 Å². The van der Waals surface area contributed by atoms with Gasteiger partial charge in [0.2, 0.25) is 0 Å². The second-order valence-corrected chi connectivity index (χ2v) is 4.54. The van der Waals surface area contributed by atoms with Gasteiger partial charge >= 0.3 is 5.97 Å². The molecule has 0 atom stereocenters. The third kappa shape index (κ3) is 3.49. The van der Waals surface area contributed by atoms with Crippen LogP contribution >= 0.6 is 0 Å². The van der Waals surface area contributed by atoms with Gasteiger partial charge in [-0.3, -0.25) is 0 Å². The summed E-state index contributed by atoms with van der Waals surface area (Å²) < 4.78 is 0. The Morgan fingerprint density at radius 2 is 1.85 bits per heavy atom. The molecule has 0 amide bonds. The number of hydrogen-bond donors (Lipinski definition) is 1. The zero-order valence-corrected chi connectivity index (χ0v) is 11.4. The van der Waals surface area contributed by atoms with Crippen LogP contribution in [0.2, 0.25) is 0 Å². The van der Waals surface area contributed by atoms with Crippen LogP contribution < -0.4 is 0 Å². The maximum Gasteiger partial charge on any atom is 0.335 e. The Kier molecular flexibility index (Phi) is 4.57. The molecule has 0 bridgehead atoms. The van der Waals surface area contributed by atoms with Gasteiger partial charge in [-0.25, -0.2) is 4.79 Å². The van der Waals surface area contributed by atoms with Crippen LogP contribution in [0, 0.1) is 11.8 Å². The Balaban J connectivity index is 2.36. The number of carboxylic acids is 1. The minimum atomic E-state index is -0.898. The number of benzene rings is 2. The summed E-state index contributed by atoms with van der Waals surface area (Å²) in [4.78, 5) is 11.0. The highest BCUT2D eigenvalue weighted by atomic mass is 16.4. The van der Waals surface area contributed by atoms with Gasteiger partial charge in [-0.15, -0.1) is 0 Å². The lowest BCUT2D eigenvalue weighted by molar-refractivity contribution is 0.0697. The standard InChI is InChI=1S/C18H16O2/c1-2-6-16-13-17(18(19)20)12-11-15(16)10-9-14-7-4-3-5-8-14/h3-5,7-8,11-13H,2,6H2,1H3,(H,19,20). The SMILES string of the molecule is CCCc1cc(C(=O)O)ccc1C#Cc1ccccc1. The molecule has 2 heteroatoms. The topological polar surface area (TPSA) is 37.3 Å². The summed E-state index contributed by atoms with van der Waals surface area (Å²) in [7, 11) is 0. The van der Waals surface area contributed by atoms with Crippen LogP contribution in [-0.4, -0.2) is 11.1 Å². The molecule has 2 nitrogen and oxygen atoms in total. The van der Waals surface area contributed by atoms with Crippen LogP contribution in [0.15, 0.2) is 48.5 Å². The molecule has 0 saturated heterocycles. The zero-order chi connectivity index (χ0) is 14.4. The largest absolute Gasteiger partial charge is 0.478 e. The Hall–Kier alpha value is -2.53. The van der Waals surface area contributed by atoms with Crippen LogP contribution in [0.25, 0.3) is 0 Å². The molecule has 0 aromatic heterocycles. The third-order valence-corrected chi connectivity index (χ3v) is 2.99. The number of hydrogen-bond acceptors (Lipinski definition) is 1. The molecule has 1 N–H and O–H groups in total. The van der Waals surface area contributed by atoms with E-state index in [2.05, 4.69) is 18.8 Å². The number of rotatable bonds is 3. The van der Waals surface area contributed by atoms with Crippen molar-refractivity contribution in [3.05, 3.63) is 70.8 Å². The summed E-state index contributed by atoms with van der Waals surface area (Å²) in [5.41, 5.74) is 3.17. The Labute approximate surface area is 119 Å². The molecule has 0 fully saturated rings. The number of carboxylic acid groups (broad SMARTS) is 1. The van der Waals surface area contributed by atoms with Crippen LogP contribution in [0.4, 0.5) is 0 Å². The van der Waals surface area contributed by atoms with Crippen molar-refractivity contribution in [2.24, 2.45) is 0 Å². The average Bonchev–Trinajstić information content (AvgIpc) is 2.47. The van der Waals surface area contributed by atoms with Gasteiger partial charge < -0.3 is 5.11 Å². The third-order valence-electron chi connectivity index (χ3n) is 2.99. The van der Waals surface area contributed by atoms with Crippen molar-refractivity contribution < 1.29 is 9.90 Å². The molecule has 100 valence electrons. The molecule has 0 unspecified atom stereocenters. The van der Waals surface area contributed by atoms with Gasteiger partial charge in [0.1, 0.15) is 0 Å². The molecule has 0 heterocycles. The fraction of sp³-hybridized carbons (Fsp3) is 0.167. The van der Waals surface area contributed by atoms with E-state index in [4.69, 9.17) is 5.11 Å². The average molecular weight is 264 g/mol. The first-order valence-electron chi connectivity index (χ1n) is 6.64. The van der Waals surface area contributed by atoms with Crippen molar-refractivity contribution in [3.63, 3.8) is 0 Å². The van der Waals surface area contributed by atoms with Gasteiger partial charge in [-0.05, 0) is 42.3 Å². The Morgan fingerprint density at radius 1 is 1.10 bits per heavy atom. The molecular weight excluding hydrogens is 248 g/mol. The van der Waals surface area contributed by atoms with E-state index in [0.29, 0.717) is 5.56 Å². The van der Waals surface area contributed by atoms with E-state index >= 15 is 0 Å². The maximum absolute atomic E-state index is 11.0. The van der Waals surface area contributed by atoms with E-state index in [1.54, 1.807) is 18.2 Å². The summed E-state index contributed by atoms with van der Waals surface area (Å²) in [5.74, 6) is 5.35. The van der Waals surface area contributed by atoms with Crippen molar-refractivity contribution in [1.82, 2.24) is 0 Å². The van der Waals surface area contributed by atoms with Gasteiger partial charge in [-0.1, -0.05) is 43.4 Å². The lowest BCUT2D eigenvalue weighted by Crippen LogP contribution is -1.99. The van der Waals surface area contributed by atoms with Crippen molar-refractivity contribution >= 4 is 5.97 Å². The summed E-state index contributed by atoms with van der Waals surface area (Å²) in [6, 6.07) is 14.9. The molecule has 2 aromatic carbocycles. The van der Waals surface area contributed by atoms with E-state index < -0.39 is 5.97 Å². The molecule has 2 aromatic rings. The summed E-state index contributed by atoms with van der Waals surface area (Å²) in [6.45, 7) is 2.07. The minimum Gasteiger partial charge on any atom is -0.478 e. The van der Waals surface area contributed by atoms with Crippen LogP contribution in [-0.2, 0) is 6.42 Å². The number of aromatic carboxylic acids is 1. The molecule has 2 rings (SSSR count). The quantitative estimate of drug-likeness (QED) is 0.857. The molecule has 0 radical (unpaired) electrons. The Morgan fingerprint density at radius 3 is 2.50 bits per heavy atom. The monoisotopic (exact) mass is 264 g/mol. The fourth-order valence-electron chi connectivity index (χ4n) is 1.99. The Bertz CT molecular complexity index is 661. The lowest BCUT2D eigenvalue weighted by Gasteiger charge is -2.04. The fourth-order valence-corrected chi connectivity index (χ4v) is 1.99. The smallest absolute Gasteiger partial charge is 0.335 e. The van der Waals surface area contributed by atoms with Crippen LogP contribution in [0.3, 0.4) is 0 Å². The summed E-state index contributed by atoms with van der Waals surface area (Å²) in [5, 5.41) is 9.04. The normalized spacial score (nSPS) is 9.65. The zero-order valence-electron chi connectivity index (χ0n) is 11.4. The minimum absolute atomic E-state index is 0.318. The van der Waals surface area contributed by atoms with Crippen LogP contribution in [0.1, 0.15) is 40.4 Å². The molecule has 0 spiro atoms. The molecule has 0 saturated carbocycles. The van der Waals surface area contributed by atoms with E-state index in [9.17, 15) is 4.79 Å².